The lowest BCUT2D eigenvalue weighted by Crippen LogP contribution is -2.36. The van der Waals surface area contributed by atoms with Crippen molar-refractivity contribution in [3.05, 3.63) is 71.2 Å². The maximum atomic E-state index is 11.7. The van der Waals surface area contributed by atoms with Gasteiger partial charge in [-0.1, -0.05) is 24.3 Å². The van der Waals surface area contributed by atoms with Gasteiger partial charge in [0.25, 0.3) is 0 Å². The molecule has 24 heavy (non-hydrogen) atoms. The summed E-state index contributed by atoms with van der Waals surface area (Å²) in [4.78, 5) is 18.3. The molecule has 1 N–H and O–H groups in total. The molecule has 122 valence electrons. The van der Waals surface area contributed by atoms with Gasteiger partial charge in [0.05, 0.1) is 17.8 Å². The van der Waals surface area contributed by atoms with E-state index in [1.165, 1.54) is 5.56 Å². The Kier molecular flexibility index (Phi) is 3.58. The average Bonchev–Trinajstić information content (AvgIpc) is 2.96. The van der Waals surface area contributed by atoms with Crippen LogP contribution in [0, 0.1) is 6.92 Å². The molecule has 1 aliphatic rings. The lowest BCUT2D eigenvalue weighted by Gasteiger charge is -2.32. The van der Waals surface area contributed by atoms with Gasteiger partial charge in [-0.2, -0.15) is 0 Å². The molecule has 0 spiro atoms. The van der Waals surface area contributed by atoms with E-state index in [1.807, 2.05) is 43.6 Å². The van der Waals surface area contributed by atoms with Crippen LogP contribution in [0.15, 0.2) is 48.8 Å². The van der Waals surface area contributed by atoms with Crippen LogP contribution in [0.5, 0.6) is 0 Å². The monoisotopic (exact) mass is 321 g/mol. The average molecular weight is 321 g/mol. The number of aliphatic carboxylic acids is 1. The number of hydrogen-bond donors (Lipinski definition) is 1. The van der Waals surface area contributed by atoms with Crippen molar-refractivity contribution in [1.82, 2.24) is 14.3 Å². The van der Waals surface area contributed by atoms with E-state index < -0.39 is 11.9 Å². The molecule has 2 aromatic heterocycles. The molecule has 3 heterocycles. The Morgan fingerprint density at radius 2 is 2.17 bits per heavy atom. The minimum absolute atomic E-state index is 0.476. The van der Waals surface area contributed by atoms with Crippen LogP contribution >= 0.6 is 0 Å². The van der Waals surface area contributed by atoms with Crippen molar-refractivity contribution in [3.8, 4) is 0 Å². The topological polar surface area (TPSA) is 57.8 Å². The first-order chi connectivity index (χ1) is 11.6. The standard InChI is InChI=1S/C19H19N3O2/c1-13-6-7-22-15(9-20-18(22)8-13)11-21-10-14-4-2-3-5-16(14)17(12-21)19(23)24/h2-9,17H,10-12H2,1H3,(H,23,24). The van der Waals surface area contributed by atoms with Crippen LogP contribution in [-0.4, -0.2) is 31.9 Å². The second-order valence-corrected chi connectivity index (χ2v) is 6.44. The summed E-state index contributed by atoms with van der Waals surface area (Å²) in [5.74, 6) is -1.24. The van der Waals surface area contributed by atoms with Crippen molar-refractivity contribution in [1.29, 1.82) is 0 Å². The Balaban J connectivity index is 1.64. The zero-order valence-electron chi connectivity index (χ0n) is 13.5. The van der Waals surface area contributed by atoms with Crippen LogP contribution in [0.1, 0.15) is 28.3 Å². The number of pyridine rings is 1. The number of rotatable bonds is 3. The zero-order chi connectivity index (χ0) is 16.7. The summed E-state index contributed by atoms with van der Waals surface area (Å²) in [6.45, 7) is 4.01. The summed E-state index contributed by atoms with van der Waals surface area (Å²) in [5.41, 5.74) is 5.22. The third kappa shape index (κ3) is 2.57. The number of aromatic nitrogens is 2. The summed E-state index contributed by atoms with van der Waals surface area (Å²) in [6, 6.07) is 12.0. The third-order valence-corrected chi connectivity index (χ3v) is 4.69. The van der Waals surface area contributed by atoms with Crippen molar-refractivity contribution in [2.75, 3.05) is 6.54 Å². The molecule has 1 aliphatic heterocycles. The van der Waals surface area contributed by atoms with E-state index in [9.17, 15) is 9.90 Å². The Bertz CT molecular complexity index is 916. The largest absolute Gasteiger partial charge is 0.481 e. The van der Waals surface area contributed by atoms with E-state index in [0.29, 0.717) is 13.1 Å². The van der Waals surface area contributed by atoms with Crippen LogP contribution in [0.2, 0.25) is 0 Å². The van der Waals surface area contributed by atoms with Crippen LogP contribution < -0.4 is 0 Å². The fourth-order valence-electron chi connectivity index (χ4n) is 3.49. The summed E-state index contributed by atoms with van der Waals surface area (Å²) >= 11 is 0. The van der Waals surface area contributed by atoms with Crippen LogP contribution in [-0.2, 0) is 17.9 Å². The molecular weight excluding hydrogens is 302 g/mol. The Morgan fingerprint density at radius 1 is 1.33 bits per heavy atom. The van der Waals surface area contributed by atoms with Crippen molar-refractivity contribution >= 4 is 11.6 Å². The van der Waals surface area contributed by atoms with E-state index in [4.69, 9.17) is 0 Å². The molecule has 0 saturated heterocycles. The predicted octanol–water partition coefficient (Wildman–Crippen LogP) is 2.83. The van der Waals surface area contributed by atoms with Crippen molar-refractivity contribution in [2.24, 2.45) is 0 Å². The molecule has 0 radical (unpaired) electrons. The van der Waals surface area contributed by atoms with Gasteiger partial charge < -0.3 is 9.51 Å². The lowest BCUT2D eigenvalue weighted by molar-refractivity contribution is -0.139. The van der Waals surface area contributed by atoms with Crippen molar-refractivity contribution < 1.29 is 9.90 Å². The molecule has 0 fully saturated rings. The molecule has 0 bridgehead atoms. The maximum absolute atomic E-state index is 11.7. The zero-order valence-corrected chi connectivity index (χ0v) is 13.5. The number of carboxylic acid groups (broad SMARTS) is 1. The number of nitrogens with zero attached hydrogens (tertiary/aromatic N) is 3. The molecule has 1 aromatic carbocycles. The molecule has 4 rings (SSSR count). The molecule has 0 saturated carbocycles. The Morgan fingerprint density at radius 3 is 3.00 bits per heavy atom. The number of carbonyl (C=O) groups is 1. The molecule has 3 aromatic rings. The first kappa shape index (κ1) is 14.9. The molecular formula is C19H19N3O2. The molecule has 0 amide bonds. The lowest BCUT2D eigenvalue weighted by atomic mass is 9.90. The van der Waals surface area contributed by atoms with Gasteiger partial charge in [-0.15, -0.1) is 0 Å². The predicted molar refractivity (Wildman–Crippen MR) is 90.9 cm³/mol. The molecule has 5 nitrogen and oxygen atoms in total. The smallest absolute Gasteiger partial charge is 0.312 e. The van der Waals surface area contributed by atoms with Gasteiger partial charge >= 0.3 is 5.97 Å². The number of hydrogen-bond acceptors (Lipinski definition) is 3. The van der Waals surface area contributed by atoms with Gasteiger partial charge in [0.15, 0.2) is 0 Å². The molecule has 0 aliphatic carbocycles. The van der Waals surface area contributed by atoms with Gasteiger partial charge in [0, 0.05) is 25.8 Å². The molecule has 1 unspecified atom stereocenters. The van der Waals surface area contributed by atoms with Crippen LogP contribution in [0.4, 0.5) is 0 Å². The van der Waals surface area contributed by atoms with Crippen molar-refractivity contribution in [3.63, 3.8) is 0 Å². The maximum Gasteiger partial charge on any atom is 0.312 e. The number of carboxylic acids is 1. The quantitative estimate of drug-likeness (QED) is 0.806. The highest BCUT2D eigenvalue weighted by molar-refractivity contribution is 5.77. The normalized spacial score (nSPS) is 17.8. The first-order valence-electron chi connectivity index (χ1n) is 8.07. The van der Waals surface area contributed by atoms with Crippen molar-refractivity contribution in [2.45, 2.75) is 25.9 Å². The number of fused-ring (bicyclic) bond motifs is 2. The van der Waals surface area contributed by atoms with Gasteiger partial charge in [-0.05, 0) is 35.7 Å². The van der Waals surface area contributed by atoms with E-state index in [1.54, 1.807) is 0 Å². The highest BCUT2D eigenvalue weighted by Crippen LogP contribution is 2.29. The minimum atomic E-state index is -0.763. The summed E-state index contributed by atoms with van der Waals surface area (Å²) in [7, 11) is 0. The van der Waals surface area contributed by atoms with Crippen LogP contribution in [0.25, 0.3) is 5.65 Å². The van der Waals surface area contributed by atoms with E-state index >= 15 is 0 Å². The second kappa shape index (κ2) is 5.76. The molecule has 1 atom stereocenters. The van der Waals surface area contributed by atoms with E-state index in [-0.39, 0.29) is 0 Å². The third-order valence-electron chi connectivity index (χ3n) is 4.69. The van der Waals surface area contributed by atoms with Gasteiger partial charge in [-0.3, -0.25) is 9.69 Å². The highest BCUT2D eigenvalue weighted by Gasteiger charge is 2.30. The SMILES string of the molecule is Cc1ccn2c(CN3Cc4ccccc4C(C(=O)O)C3)cnc2c1. The van der Waals surface area contributed by atoms with Gasteiger partial charge in [0.2, 0.25) is 0 Å². The number of imidazole rings is 1. The fraction of sp³-hybridized carbons (Fsp3) is 0.263. The number of benzene rings is 1. The first-order valence-corrected chi connectivity index (χ1v) is 8.07. The highest BCUT2D eigenvalue weighted by atomic mass is 16.4. The summed E-state index contributed by atoms with van der Waals surface area (Å²) in [5, 5.41) is 9.59. The fourth-order valence-corrected chi connectivity index (χ4v) is 3.49. The Labute approximate surface area is 140 Å². The van der Waals surface area contributed by atoms with E-state index in [2.05, 4.69) is 26.4 Å². The van der Waals surface area contributed by atoms with Crippen LogP contribution in [0.3, 0.4) is 0 Å². The summed E-state index contributed by atoms with van der Waals surface area (Å²) < 4.78 is 2.07. The molecule has 5 heteroatoms. The van der Waals surface area contributed by atoms with Gasteiger partial charge in [-0.25, -0.2) is 4.98 Å². The van der Waals surface area contributed by atoms with Gasteiger partial charge in [0.1, 0.15) is 5.65 Å². The number of aryl methyl sites for hydroxylation is 1. The Hall–Kier alpha value is -2.66. The summed E-state index contributed by atoms with van der Waals surface area (Å²) in [6.07, 6.45) is 3.91. The van der Waals surface area contributed by atoms with E-state index in [0.717, 1.165) is 29.0 Å². The minimum Gasteiger partial charge on any atom is -0.481 e. The second-order valence-electron chi connectivity index (χ2n) is 6.44.